The number of aliphatic hydroxyl groups is 1. The molecule has 0 aromatic carbocycles. The molecule has 0 radical (unpaired) electrons. The molecule has 3 heteroatoms. The Kier molecular flexibility index (Phi) is 8.74. The minimum absolute atomic E-state index is 0.364. The molecular formula is C17H35NO2. The van der Waals surface area contributed by atoms with Gasteiger partial charge < -0.3 is 15.2 Å². The summed E-state index contributed by atoms with van der Waals surface area (Å²) in [6.07, 6.45) is 8.64. The lowest BCUT2D eigenvalue weighted by Crippen LogP contribution is -2.32. The van der Waals surface area contributed by atoms with Gasteiger partial charge in [0, 0.05) is 13.2 Å². The van der Waals surface area contributed by atoms with Gasteiger partial charge in [-0.25, -0.2) is 0 Å². The molecule has 3 nitrogen and oxygen atoms in total. The van der Waals surface area contributed by atoms with Gasteiger partial charge in [0.05, 0.1) is 12.7 Å². The average molecular weight is 285 g/mol. The van der Waals surface area contributed by atoms with Crippen LogP contribution in [0.3, 0.4) is 0 Å². The minimum atomic E-state index is -0.364. The summed E-state index contributed by atoms with van der Waals surface area (Å²) < 4.78 is 5.53. The van der Waals surface area contributed by atoms with Gasteiger partial charge in [0.1, 0.15) is 0 Å². The molecule has 2 unspecified atom stereocenters. The third-order valence-electron chi connectivity index (χ3n) is 4.44. The van der Waals surface area contributed by atoms with Crippen LogP contribution in [-0.2, 0) is 4.74 Å². The fourth-order valence-corrected chi connectivity index (χ4v) is 2.61. The Morgan fingerprint density at radius 2 is 1.85 bits per heavy atom. The normalized spacial score (nSPS) is 21.9. The smallest absolute Gasteiger partial charge is 0.0897 e. The fourth-order valence-electron chi connectivity index (χ4n) is 2.61. The predicted molar refractivity (Wildman–Crippen MR) is 85.0 cm³/mol. The Balaban J connectivity index is 1.79. The van der Waals surface area contributed by atoms with Crippen LogP contribution in [-0.4, -0.2) is 37.5 Å². The van der Waals surface area contributed by atoms with Crippen LogP contribution in [0.15, 0.2) is 0 Å². The lowest BCUT2D eigenvalue weighted by Gasteiger charge is -2.13. The van der Waals surface area contributed by atoms with Gasteiger partial charge in [-0.3, -0.25) is 0 Å². The average Bonchev–Trinajstić information content (AvgIpc) is 3.00. The summed E-state index contributed by atoms with van der Waals surface area (Å²) in [5.41, 5.74) is 0.520. The van der Waals surface area contributed by atoms with Gasteiger partial charge in [-0.2, -0.15) is 0 Å². The number of nitrogens with one attached hydrogen (secondary N) is 1. The molecule has 1 aliphatic rings. The Labute approximate surface area is 125 Å². The zero-order chi connectivity index (χ0) is 14.8. The van der Waals surface area contributed by atoms with E-state index in [2.05, 4.69) is 26.1 Å². The highest BCUT2D eigenvalue weighted by Gasteiger charge is 2.44. The summed E-state index contributed by atoms with van der Waals surface area (Å²) in [5.74, 6) is 0.790. The Hall–Kier alpha value is -0.120. The van der Waals surface area contributed by atoms with Crippen LogP contribution >= 0.6 is 0 Å². The topological polar surface area (TPSA) is 41.5 Å². The van der Waals surface area contributed by atoms with Gasteiger partial charge in [0.25, 0.3) is 0 Å². The van der Waals surface area contributed by atoms with Gasteiger partial charge in [0.15, 0.2) is 0 Å². The molecule has 0 aromatic rings. The number of ether oxygens (including phenoxy) is 1. The molecule has 1 saturated carbocycles. The van der Waals surface area contributed by atoms with E-state index in [4.69, 9.17) is 4.74 Å². The van der Waals surface area contributed by atoms with Gasteiger partial charge >= 0.3 is 0 Å². The maximum absolute atomic E-state index is 9.80. The molecule has 0 amide bonds. The van der Waals surface area contributed by atoms with E-state index in [0.29, 0.717) is 18.6 Å². The first-order valence-electron chi connectivity index (χ1n) is 8.52. The summed E-state index contributed by atoms with van der Waals surface area (Å²) in [4.78, 5) is 0. The third-order valence-corrected chi connectivity index (χ3v) is 4.44. The van der Waals surface area contributed by atoms with Gasteiger partial charge in [-0.1, -0.05) is 52.9 Å². The summed E-state index contributed by atoms with van der Waals surface area (Å²) in [6.45, 7) is 9.79. The highest BCUT2D eigenvalue weighted by atomic mass is 16.5. The maximum Gasteiger partial charge on any atom is 0.0897 e. The van der Waals surface area contributed by atoms with Crippen LogP contribution in [0, 0.1) is 11.3 Å². The molecule has 1 fully saturated rings. The van der Waals surface area contributed by atoms with Crippen molar-refractivity contribution in [2.24, 2.45) is 11.3 Å². The van der Waals surface area contributed by atoms with Crippen LogP contribution in [0.5, 0.6) is 0 Å². The van der Waals surface area contributed by atoms with Gasteiger partial charge in [-0.15, -0.1) is 0 Å². The maximum atomic E-state index is 9.80. The third kappa shape index (κ3) is 8.23. The van der Waals surface area contributed by atoms with Crippen molar-refractivity contribution in [3.05, 3.63) is 0 Å². The van der Waals surface area contributed by atoms with Gasteiger partial charge in [-0.05, 0) is 30.7 Å². The van der Waals surface area contributed by atoms with E-state index >= 15 is 0 Å². The number of unbranched alkanes of at least 4 members (excludes halogenated alkanes) is 5. The predicted octanol–water partition coefficient (Wildman–Crippen LogP) is 3.36. The van der Waals surface area contributed by atoms with Crippen molar-refractivity contribution in [3.8, 4) is 0 Å². The molecule has 20 heavy (non-hydrogen) atoms. The summed E-state index contributed by atoms with van der Waals surface area (Å²) in [6, 6.07) is 0. The van der Waals surface area contributed by atoms with Crippen molar-refractivity contribution in [3.63, 3.8) is 0 Å². The summed E-state index contributed by atoms with van der Waals surface area (Å²) in [5, 5.41) is 13.1. The zero-order valence-electron chi connectivity index (χ0n) is 13.8. The molecule has 120 valence electrons. The van der Waals surface area contributed by atoms with E-state index in [1.807, 2.05) is 0 Å². The highest BCUT2D eigenvalue weighted by molar-refractivity contribution is 4.96. The Bertz CT molecular complexity index is 243. The molecule has 1 rings (SSSR count). The van der Waals surface area contributed by atoms with Crippen molar-refractivity contribution in [2.75, 3.05) is 26.3 Å². The lowest BCUT2D eigenvalue weighted by atomic mass is 10.1. The summed E-state index contributed by atoms with van der Waals surface area (Å²) in [7, 11) is 0. The molecule has 0 heterocycles. The van der Waals surface area contributed by atoms with Crippen molar-refractivity contribution in [1.29, 1.82) is 0 Å². The number of aliphatic hydroxyl groups excluding tert-OH is 1. The SMILES string of the molecule is CCCCCCCCOCC(O)CNCC1CC1(C)C. The van der Waals surface area contributed by atoms with Crippen molar-refractivity contribution < 1.29 is 9.84 Å². The first kappa shape index (κ1) is 17.9. The van der Waals surface area contributed by atoms with Crippen LogP contribution in [0.2, 0.25) is 0 Å². The molecule has 0 aliphatic heterocycles. The van der Waals surface area contributed by atoms with E-state index in [0.717, 1.165) is 25.5 Å². The van der Waals surface area contributed by atoms with E-state index in [9.17, 15) is 5.11 Å². The van der Waals surface area contributed by atoms with Crippen LogP contribution in [0.1, 0.15) is 65.7 Å². The van der Waals surface area contributed by atoms with Gasteiger partial charge in [0.2, 0.25) is 0 Å². The van der Waals surface area contributed by atoms with E-state index < -0.39 is 0 Å². The lowest BCUT2D eigenvalue weighted by molar-refractivity contribution is 0.0353. The standard InChI is InChI=1S/C17H35NO2/c1-4-5-6-7-8-9-10-20-14-16(19)13-18-12-15-11-17(15,2)3/h15-16,18-19H,4-14H2,1-3H3. The largest absolute Gasteiger partial charge is 0.389 e. The van der Waals surface area contributed by atoms with Crippen molar-refractivity contribution in [2.45, 2.75) is 71.8 Å². The molecule has 0 saturated heterocycles. The molecule has 2 atom stereocenters. The number of hydrogen-bond donors (Lipinski definition) is 2. The molecule has 0 bridgehead atoms. The second kappa shape index (κ2) is 9.75. The van der Waals surface area contributed by atoms with Crippen LogP contribution < -0.4 is 5.32 Å². The van der Waals surface area contributed by atoms with Crippen LogP contribution in [0.4, 0.5) is 0 Å². The number of rotatable bonds is 13. The van der Waals surface area contributed by atoms with E-state index in [-0.39, 0.29) is 6.10 Å². The Morgan fingerprint density at radius 1 is 1.20 bits per heavy atom. The Morgan fingerprint density at radius 3 is 2.50 bits per heavy atom. The molecule has 0 spiro atoms. The first-order chi connectivity index (χ1) is 9.56. The van der Waals surface area contributed by atoms with E-state index in [1.165, 1.54) is 38.5 Å². The van der Waals surface area contributed by atoms with E-state index in [1.54, 1.807) is 0 Å². The molecular weight excluding hydrogens is 250 g/mol. The fraction of sp³-hybridized carbons (Fsp3) is 1.00. The quantitative estimate of drug-likeness (QED) is 0.510. The highest BCUT2D eigenvalue weighted by Crippen LogP contribution is 2.50. The van der Waals surface area contributed by atoms with Crippen molar-refractivity contribution in [1.82, 2.24) is 5.32 Å². The monoisotopic (exact) mass is 285 g/mol. The minimum Gasteiger partial charge on any atom is -0.389 e. The first-order valence-corrected chi connectivity index (χ1v) is 8.52. The van der Waals surface area contributed by atoms with Crippen molar-refractivity contribution >= 4 is 0 Å². The number of hydrogen-bond acceptors (Lipinski definition) is 3. The second-order valence-corrected chi connectivity index (χ2v) is 7.04. The molecule has 0 aromatic heterocycles. The van der Waals surface area contributed by atoms with Crippen LogP contribution in [0.25, 0.3) is 0 Å². The second-order valence-electron chi connectivity index (χ2n) is 7.04. The summed E-state index contributed by atoms with van der Waals surface area (Å²) >= 11 is 0. The molecule has 2 N–H and O–H groups in total. The zero-order valence-corrected chi connectivity index (χ0v) is 13.8. The molecule has 1 aliphatic carbocycles.